The number of imidazole rings is 1. The fourth-order valence-electron chi connectivity index (χ4n) is 8.21. The predicted molar refractivity (Wildman–Crippen MR) is 205 cm³/mol. The topological polar surface area (TPSA) is 98.5 Å². The number of benzene rings is 4. The summed E-state index contributed by atoms with van der Waals surface area (Å²) in [5.74, 6) is 2.90. The molecule has 11 heteroatoms. The minimum absolute atomic E-state index is 0.134. The summed E-state index contributed by atoms with van der Waals surface area (Å²) in [6, 6.07) is 26.2. The fraction of sp³-hybridized carbons (Fsp3) is 0.395. The molecule has 5 aromatic rings. The number of aromatic nitrogens is 2. The number of fused-ring (bicyclic) bond motifs is 1. The van der Waals surface area contributed by atoms with E-state index in [-0.39, 0.29) is 11.7 Å². The average molecular weight is 737 g/mol. The molecule has 0 spiro atoms. The smallest absolute Gasteiger partial charge is 0.229 e. The molecule has 0 aliphatic carbocycles. The molecule has 0 bridgehead atoms. The Balaban J connectivity index is 1.08. The van der Waals surface area contributed by atoms with Gasteiger partial charge in [0.25, 0.3) is 0 Å². The summed E-state index contributed by atoms with van der Waals surface area (Å²) in [5.41, 5.74) is 2.96. The van der Waals surface area contributed by atoms with Gasteiger partial charge in [0.1, 0.15) is 23.0 Å². The van der Waals surface area contributed by atoms with Crippen molar-refractivity contribution in [2.75, 3.05) is 54.6 Å². The molecule has 1 atom stereocenters. The summed E-state index contributed by atoms with van der Waals surface area (Å²) < 4.78 is 37.9. The lowest BCUT2D eigenvalue weighted by atomic mass is 9.76. The third kappa shape index (κ3) is 7.47. The molecular weight excluding hydrogens is 687 g/mol. The number of carbonyl (C=O) groups is 1. The average Bonchev–Trinajstić information content (AvgIpc) is 3.72. The Labute approximate surface area is 316 Å². The highest BCUT2D eigenvalue weighted by Crippen LogP contribution is 2.43. The van der Waals surface area contributed by atoms with Crippen LogP contribution in [0.5, 0.6) is 23.0 Å². The molecule has 10 nitrogen and oxygen atoms in total. The number of para-hydroxylation sites is 2. The molecule has 0 saturated carbocycles. The number of aliphatic hydroxyl groups is 1. The van der Waals surface area contributed by atoms with Crippen molar-refractivity contribution in [3.63, 3.8) is 0 Å². The van der Waals surface area contributed by atoms with E-state index in [9.17, 15) is 14.3 Å². The van der Waals surface area contributed by atoms with Crippen LogP contribution < -0.4 is 18.9 Å². The zero-order chi connectivity index (χ0) is 37.9. The third-order valence-electron chi connectivity index (χ3n) is 11.3. The summed E-state index contributed by atoms with van der Waals surface area (Å²) in [6.45, 7) is 3.59. The molecule has 1 N–H and O–H groups in total. The highest BCUT2D eigenvalue weighted by molar-refractivity contribution is 5.85. The molecule has 7 rings (SSSR count). The second kappa shape index (κ2) is 15.7. The van der Waals surface area contributed by atoms with Crippen molar-refractivity contribution in [2.24, 2.45) is 5.41 Å². The maximum Gasteiger partial charge on any atom is 0.229 e. The van der Waals surface area contributed by atoms with E-state index in [1.54, 1.807) is 40.6 Å². The van der Waals surface area contributed by atoms with Gasteiger partial charge in [-0.05, 0) is 104 Å². The summed E-state index contributed by atoms with van der Waals surface area (Å²) in [5, 5.41) is 12.2. The number of ether oxygens (including phenoxy) is 4. The predicted octanol–water partition coefficient (Wildman–Crippen LogP) is 6.59. The summed E-state index contributed by atoms with van der Waals surface area (Å²) in [6.07, 6.45) is 3.05. The molecule has 4 aromatic carbocycles. The monoisotopic (exact) mass is 736 g/mol. The second-order valence-corrected chi connectivity index (χ2v) is 14.6. The Hall–Kier alpha value is -5.13. The maximum absolute atomic E-state index is 14.6. The number of methoxy groups -OCH3 is 4. The van der Waals surface area contributed by atoms with E-state index >= 15 is 0 Å². The third-order valence-corrected chi connectivity index (χ3v) is 11.3. The Kier molecular flexibility index (Phi) is 10.8. The first-order chi connectivity index (χ1) is 26.2. The van der Waals surface area contributed by atoms with Gasteiger partial charge in [-0.3, -0.25) is 4.79 Å². The fourth-order valence-corrected chi connectivity index (χ4v) is 8.21. The molecule has 2 fully saturated rings. The number of rotatable bonds is 14. The molecule has 3 heterocycles. The first-order valence-corrected chi connectivity index (χ1v) is 18.5. The standard InChI is InChI=1S/C43H49FN4O6/c1-51-34-15-11-30(12-16-34)27-42(18-24-47(41(42)49)28-32-25-37(52-2)39(54-4)38(26-32)53-3)17-21-46-22-19-43(50,20-23-46)40-45-35-7-5-6-8-36(35)48(40)29-31-9-13-33(44)14-10-31/h5-16,25-26,50H,17-24,27-29H2,1-4H3. The normalized spacial score (nSPS) is 18.6. The molecule has 2 aliphatic heterocycles. The maximum atomic E-state index is 14.6. The van der Waals surface area contributed by atoms with Gasteiger partial charge in [0.15, 0.2) is 11.5 Å². The van der Waals surface area contributed by atoms with Crippen molar-refractivity contribution in [2.45, 2.75) is 50.8 Å². The van der Waals surface area contributed by atoms with Gasteiger partial charge in [-0.15, -0.1) is 0 Å². The van der Waals surface area contributed by atoms with Crippen LogP contribution in [0, 0.1) is 11.2 Å². The van der Waals surface area contributed by atoms with Gasteiger partial charge in [-0.25, -0.2) is 9.37 Å². The summed E-state index contributed by atoms with van der Waals surface area (Å²) in [7, 11) is 6.41. The van der Waals surface area contributed by atoms with Gasteiger partial charge < -0.3 is 38.4 Å². The summed E-state index contributed by atoms with van der Waals surface area (Å²) in [4.78, 5) is 23.8. The van der Waals surface area contributed by atoms with E-state index in [0.717, 1.165) is 46.4 Å². The van der Waals surface area contributed by atoms with Crippen molar-refractivity contribution < 1.29 is 33.2 Å². The van der Waals surface area contributed by atoms with Gasteiger partial charge in [-0.2, -0.15) is 0 Å². The molecule has 54 heavy (non-hydrogen) atoms. The number of hydrogen-bond acceptors (Lipinski definition) is 8. The van der Waals surface area contributed by atoms with Gasteiger partial charge in [-0.1, -0.05) is 36.4 Å². The van der Waals surface area contributed by atoms with Crippen molar-refractivity contribution in [3.8, 4) is 23.0 Å². The van der Waals surface area contributed by atoms with Crippen LogP contribution in [0.2, 0.25) is 0 Å². The first kappa shape index (κ1) is 37.2. The molecule has 0 radical (unpaired) electrons. The Bertz CT molecular complexity index is 2050. The van der Waals surface area contributed by atoms with Crippen molar-refractivity contribution in [3.05, 3.63) is 113 Å². The lowest BCUT2D eigenvalue weighted by molar-refractivity contribution is -0.137. The summed E-state index contributed by atoms with van der Waals surface area (Å²) >= 11 is 0. The Morgan fingerprint density at radius 3 is 2.07 bits per heavy atom. The van der Waals surface area contributed by atoms with Crippen molar-refractivity contribution in [1.29, 1.82) is 0 Å². The highest BCUT2D eigenvalue weighted by atomic mass is 19.1. The molecule has 2 aliphatic rings. The van der Waals surface area contributed by atoms with Crippen LogP contribution in [0.1, 0.15) is 48.2 Å². The van der Waals surface area contributed by atoms with Crippen LogP contribution in [0.4, 0.5) is 4.39 Å². The number of amides is 1. The highest BCUT2D eigenvalue weighted by Gasteiger charge is 2.47. The SMILES string of the molecule is COc1ccc(CC2(CCN3CCC(O)(c4nc5ccccc5n4Cc4ccc(F)cc4)CC3)CCN(Cc3cc(OC)c(OC)c(OC)c3)C2=O)cc1. The van der Waals surface area contributed by atoms with Gasteiger partial charge in [0, 0.05) is 32.7 Å². The van der Waals surface area contributed by atoms with Crippen LogP contribution in [0.25, 0.3) is 11.0 Å². The largest absolute Gasteiger partial charge is 0.497 e. The molecule has 284 valence electrons. The van der Waals surface area contributed by atoms with Crippen LogP contribution in [-0.2, 0) is 29.9 Å². The van der Waals surface area contributed by atoms with Gasteiger partial charge >= 0.3 is 0 Å². The van der Waals surface area contributed by atoms with E-state index < -0.39 is 11.0 Å². The van der Waals surface area contributed by atoms with Crippen LogP contribution in [-0.4, -0.2) is 85.0 Å². The molecule has 2 saturated heterocycles. The zero-order valence-corrected chi connectivity index (χ0v) is 31.5. The quantitative estimate of drug-likeness (QED) is 0.136. The Morgan fingerprint density at radius 2 is 1.43 bits per heavy atom. The van der Waals surface area contributed by atoms with Crippen LogP contribution in [0.15, 0.2) is 84.9 Å². The first-order valence-electron chi connectivity index (χ1n) is 18.5. The number of halogens is 1. The number of hydrogen-bond donors (Lipinski definition) is 1. The van der Waals surface area contributed by atoms with E-state index in [4.69, 9.17) is 23.9 Å². The van der Waals surface area contributed by atoms with Crippen molar-refractivity contribution in [1.82, 2.24) is 19.4 Å². The number of carbonyl (C=O) groups excluding carboxylic acids is 1. The van der Waals surface area contributed by atoms with Crippen molar-refractivity contribution >= 4 is 16.9 Å². The van der Waals surface area contributed by atoms with Crippen LogP contribution in [0.3, 0.4) is 0 Å². The lowest BCUT2D eigenvalue weighted by Gasteiger charge is -2.39. The van der Waals surface area contributed by atoms with Gasteiger partial charge in [0.2, 0.25) is 11.7 Å². The van der Waals surface area contributed by atoms with Crippen LogP contribution >= 0.6 is 0 Å². The Morgan fingerprint density at radius 1 is 0.759 bits per heavy atom. The van der Waals surface area contributed by atoms with E-state index in [2.05, 4.69) is 21.6 Å². The molecule has 1 aromatic heterocycles. The molecule has 1 amide bonds. The number of nitrogens with zero attached hydrogens (tertiary/aromatic N) is 4. The van der Waals surface area contributed by atoms with Gasteiger partial charge in [0.05, 0.1) is 44.9 Å². The minimum Gasteiger partial charge on any atom is -0.497 e. The van der Waals surface area contributed by atoms with E-state index in [1.165, 1.54) is 12.1 Å². The van der Waals surface area contributed by atoms with E-state index in [1.807, 2.05) is 53.4 Å². The molecule has 1 unspecified atom stereocenters. The second-order valence-electron chi connectivity index (χ2n) is 14.6. The number of piperidine rings is 1. The van der Waals surface area contributed by atoms with E-state index in [0.29, 0.717) is 81.5 Å². The minimum atomic E-state index is -1.13. The molecular formula is C43H49FN4O6. The lowest BCUT2D eigenvalue weighted by Crippen LogP contribution is -2.46. The number of likely N-dealkylation sites (tertiary alicyclic amines) is 2. The zero-order valence-electron chi connectivity index (χ0n) is 31.5.